The molecular weight excluding hydrogens is 280 g/mol. The van der Waals surface area contributed by atoms with E-state index in [1.165, 1.54) is 0 Å². The van der Waals surface area contributed by atoms with Crippen LogP contribution >= 0.6 is 22.9 Å². The molecule has 0 aliphatic carbocycles. The van der Waals surface area contributed by atoms with Gasteiger partial charge in [0.15, 0.2) is 4.47 Å². The molecule has 0 unspecified atom stereocenters. The van der Waals surface area contributed by atoms with Gasteiger partial charge in [-0.05, 0) is 6.92 Å². The molecule has 0 saturated carbocycles. The van der Waals surface area contributed by atoms with Crippen LogP contribution < -0.4 is 0 Å². The van der Waals surface area contributed by atoms with Crippen LogP contribution in [0.4, 0.5) is 8.78 Å². The zero-order valence-electron chi connectivity index (χ0n) is 9.28. The number of ketones is 1. The lowest BCUT2D eigenvalue weighted by Crippen LogP contribution is -2.03. The van der Waals surface area contributed by atoms with Gasteiger partial charge >= 0.3 is 0 Å². The molecule has 0 atom stereocenters. The van der Waals surface area contributed by atoms with Crippen LogP contribution in [0.1, 0.15) is 32.9 Å². The number of halogens is 3. The van der Waals surface area contributed by atoms with Gasteiger partial charge < -0.3 is 0 Å². The Morgan fingerprint density at radius 2 is 1.94 bits per heavy atom. The molecule has 0 radical (unpaired) electrons. The van der Waals surface area contributed by atoms with Crippen LogP contribution in [0.25, 0.3) is 0 Å². The van der Waals surface area contributed by atoms with E-state index in [0.29, 0.717) is 5.56 Å². The molecule has 0 amide bonds. The predicted molar refractivity (Wildman–Crippen MR) is 66.7 cm³/mol. The number of aryl methyl sites for hydroxylation is 1. The van der Waals surface area contributed by atoms with Crippen molar-refractivity contribution in [2.24, 2.45) is 0 Å². The van der Waals surface area contributed by atoms with E-state index in [2.05, 4.69) is 4.98 Å². The Kier molecular flexibility index (Phi) is 3.73. The van der Waals surface area contributed by atoms with E-state index in [-0.39, 0.29) is 9.34 Å². The van der Waals surface area contributed by atoms with Gasteiger partial charge in [0.1, 0.15) is 10.6 Å². The van der Waals surface area contributed by atoms with Gasteiger partial charge in [0.25, 0.3) is 6.43 Å². The third kappa shape index (κ3) is 2.57. The van der Waals surface area contributed by atoms with Crippen molar-refractivity contribution in [3.05, 3.63) is 50.4 Å². The largest absolute Gasteiger partial charge is 0.288 e. The highest BCUT2D eigenvalue weighted by Crippen LogP contribution is 2.31. The zero-order chi connectivity index (χ0) is 13.3. The van der Waals surface area contributed by atoms with Gasteiger partial charge in [-0.15, -0.1) is 0 Å². The van der Waals surface area contributed by atoms with E-state index in [1.54, 1.807) is 24.3 Å². The van der Waals surface area contributed by atoms with Gasteiger partial charge in [-0.1, -0.05) is 52.8 Å². The fourth-order valence-electron chi connectivity index (χ4n) is 1.45. The fraction of sp³-hybridized carbons (Fsp3) is 0.167. The van der Waals surface area contributed by atoms with Gasteiger partial charge in [0, 0.05) is 5.56 Å². The molecule has 0 saturated heterocycles. The summed E-state index contributed by atoms with van der Waals surface area (Å²) in [5.41, 5.74) is 0.793. The summed E-state index contributed by atoms with van der Waals surface area (Å²) < 4.78 is 25.4. The van der Waals surface area contributed by atoms with E-state index < -0.39 is 17.9 Å². The monoisotopic (exact) mass is 287 g/mol. The average Bonchev–Trinajstić information content (AvgIpc) is 2.71. The Morgan fingerprint density at radius 1 is 1.33 bits per heavy atom. The first-order valence-corrected chi connectivity index (χ1v) is 6.24. The second-order valence-electron chi connectivity index (χ2n) is 3.68. The van der Waals surface area contributed by atoms with Crippen LogP contribution in [0.15, 0.2) is 24.3 Å². The SMILES string of the molecule is Cc1ccc(C(=O)c2sc(Cl)nc2C(F)F)cc1. The van der Waals surface area contributed by atoms with Crippen molar-refractivity contribution in [2.45, 2.75) is 13.3 Å². The molecule has 1 heterocycles. The number of benzene rings is 1. The third-order valence-corrected chi connectivity index (χ3v) is 3.53. The molecule has 0 aliphatic heterocycles. The molecule has 0 N–H and O–H groups in total. The molecule has 2 rings (SSSR count). The van der Waals surface area contributed by atoms with E-state index >= 15 is 0 Å². The molecule has 2 nitrogen and oxygen atoms in total. The molecule has 94 valence electrons. The standard InChI is InChI=1S/C12H8ClF2NOS/c1-6-2-4-7(5-3-6)9(17)10-8(11(14)15)16-12(13)18-10/h2-5,11H,1H3. The minimum Gasteiger partial charge on any atom is -0.288 e. The van der Waals surface area contributed by atoms with Crippen LogP contribution in [0.2, 0.25) is 4.47 Å². The van der Waals surface area contributed by atoms with Gasteiger partial charge in [-0.25, -0.2) is 13.8 Å². The van der Waals surface area contributed by atoms with Crippen molar-refractivity contribution >= 4 is 28.7 Å². The minimum absolute atomic E-state index is 0.0549. The Balaban J connectivity index is 2.42. The van der Waals surface area contributed by atoms with Crippen molar-refractivity contribution in [2.75, 3.05) is 0 Å². The summed E-state index contributed by atoms with van der Waals surface area (Å²) in [6, 6.07) is 6.69. The van der Waals surface area contributed by atoms with Crippen molar-refractivity contribution in [3.63, 3.8) is 0 Å². The first kappa shape index (κ1) is 13.1. The number of carbonyl (C=O) groups is 1. The number of hydrogen-bond donors (Lipinski definition) is 0. The first-order chi connectivity index (χ1) is 8.49. The second kappa shape index (κ2) is 5.12. The molecule has 0 bridgehead atoms. The van der Waals surface area contributed by atoms with Crippen molar-refractivity contribution in [1.82, 2.24) is 4.98 Å². The maximum atomic E-state index is 12.7. The van der Waals surface area contributed by atoms with E-state index in [4.69, 9.17) is 11.6 Å². The molecule has 6 heteroatoms. The lowest BCUT2D eigenvalue weighted by atomic mass is 10.1. The number of alkyl halides is 2. The second-order valence-corrected chi connectivity index (χ2v) is 5.26. The third-order valence-electron chi connectivity index (χ3n) is 2.35. The Labute approximate surface area is 111 Å². The Morgan fingerprint density at radius 3 is 2.50 bits per heavy atom. The smallest absolute Gasteiger partial charge is 0.282 e. The first-order valence-electron chi connectivity index (χ1n) is 5.05. The van der Waals surface area contributed by atoms with Gasteiger partial charge in [0.2, 0.25) is 5.78 Å². The van der Waals surface area contributed by atoms with E-state index in [1.807, 2.05) is 6.92 Å². The number of thiazole rings is 1. The fourth-order valence-corrected chi connectivity index (χ4v) is 2.54. The summed E-state index contributed by atoms with van der Waals surface area (Å²) in [5, 5.41) is 0. The summed E-state index contributed by atoms with van der Waals surface area (Å²) in [4.78, 5) is 15.5. The topological polar surface area (TPSA) is 30.0 Å². The number of carbonyl (C=O) groups excluding carboxylic acids is 1. The van der Waals surface area contributed by atoms with Crippen molar-refractivity contribution in [3.8, 4) is 0 Å². The molecule has 2 aromatic rings. The maximum Gasteiger partial charge on any atom is 0.282 e. The lowest BCUT2D eigenvalue weighted by molar-refractivity contribution is 0.102. The Bertz CT molecular complexity index is 580. The van der Waals surface area contributed by atoms with Crippen LogP contribution in [0, 0.1) is 6.92 Å². The summed E-state index contributed by atoms with van der Waals surface area (Å²) in [7, 11) is 0. The quantitative estimate of drug-likeness (QED) is 0.789. The number of hydrogen-bond acceptors (Lipinski definition) is 3. The van der Waals surface area contributed by atoms with Gasteiger partial charge in [0.05, 0.1) is 0 Å². The van der Waals surface area contributed by atoms with Crippen LogP contribution in [0.5, 0.6) is 0 Å². The zero-order valence-corrected chi connectivity index (χ0v) is 10.9. The maximum absolute atomic E-state index is 12.7. The summed E-state index contributed by atoms with van der Waals surface area (Å²) in [6.45, 7) is 1.88. The number of nitrogens with zero attached hydrogens (tertiary/aromatic N) is 1. The minimum atomic E-state index is -2.81. The molecule has 1 aromatic carbocycles. The van der Waals surface area contributed by atoms with Crippen molar-refractivity contribution < 1.29 is 13.6 Å². The highest BCUT2D eigenvalue weighted by atomic mass is 35.5. The van der Waals surface area contributed by atoms with Crippen molar-refractivity contribution in [1.29, 1.82) is 0 Å². The van der Waals surface area contributed by atoms with E-state index in [9.17, 15) is 13.6 Å². The lowest BCUT2D eigenvalue weighted by Gasteiger charge is -2.01. The van der Waals surface area contributed by atoms with Crippen LogP contribution in [0.3, 0.4) is 0 Å². The van der Waals surface area contributed by atoms with Crippen LogP contribution in [-0.4, -0.2) is 10.8 Å². The summed E-state index contributed by atoms with van der Waals surface area (Å²) >= 11 is 6.36. The average molecular weight is 288 g/mol. The normalized spacial score (nSPS) is 10.9. The molecule has 0 aliphatic rings. The highest BCUT2D eigenvalue weighted by molar-refractivity contribution is 7.17. The summed E-state index contributed by atoms with van der Waals surface area (Å²) in [6.07, 6.45) is -2.81. The number of aromatic nitrogens is 1. The number of rotatable bonds is 3. The Hall–Kier alpha value is -1.33. The molecular formula is C12H8ClF2NOS. The molecule has 0 spiro atoms. The summed E-state index contributed by atoms with van der Waals surface area (Å²) in [5.74, 6) is -0.477. The van der Waals surface area contributed by atoms with Gasteiger partial charge in [-0.3, -0.25) is 4.79 Å². The van der Waals surface area contributed by atoms with E-state index in [0.717, 1.165) is 16.9 Å². The highest BCUT2D eigenvalue weighted by Gasteiger charge is 2.24. The van der Waals surface area contributed by atoms with Crippen LogP contribution in [-0.2, 0) is 0 Å². The predicted octanol–water partition coefficient (Wildman–Crippen LogP) is 4.27. The molecule has 0 fully saturated rings. The molecule has 18 heavy (non-hydrogen) atoms. The molecule has 1 aromatic heterocycles. The van der Waals surface area contributed by atoms with Gasteiger partial charge in [-0.2, -0.15) is 0 Å².